The Morgan fingerprint density at radius 3 is 2.53 bits per heavy atom. The van der Waals surface area contributed by atoms with E-state index in [-0.39, 0.29) is 12.1 Å². The molecule has 0 spiro atoms. The first-order valence-corrected chi connectivity index (χ1v) is 6.15. The molecule has 0 aromatic carbocycles. The summed E-state index contributed by atoms with van der Waals surface area (Å²) in [5.41, 5.74) is 6.08. The van der Waals surface area contributed by atoms with Gasteiger partial charge in [0.1, 0.15) is 0 Å². The Kier molecular flexibility index (Phi) is 9.96. The summed E-state index contributed by atoms with van der Waals surface area (Å²) in [4.78, 5) is 0. The number of methoxy groups -OCH3 is 1. The standard InChI is InChI=1S/C13H27NO/c1-4-6-7-8-9-11-12(14)13(15-3)10-5-2/h4,12-13H,1,5-11,14H2,2-3H3. The van der Waals surface area contributed by atoms with E-state index in [0.29, 0.717) is 0 Å². The van der Waals surface area contributed by atoms with Crippen LogP contribution in [0.5, 0.6) is 0 Å². The van der Waals surface area contributed by atoms with E-state index < -0.39 is 0 Å². The maximum Gasteiger partial charge on any atom is 0.0722 e. The lowest BCUT2D eigenvalue weighted by molar-refractivity contribution is 0.0694. The fraction of sp³-hybridized carbons (Fsp3) is 0.846. The van der Waals surface area contributed by atoms with Gasteiger partial charge in [-0.3, -0.25) is 0 Å². The first-order valence-electron chi connectivity index (χ1n) is 6.15. The first-order chi connectivity index (χ1) is 7.26. The zero-order chi connectivity index (χ0) is 11.5. The minimum atomic E-state index is 0.207. The van der Waals surface area contributed by atoms with Crippen LogP contribution in [0.25, 0.3) is 0 Å². The molecule has 0 heterocycles. The fourth-order valence-corrected chi connectivity index (χ4v) is 1.82. The van der Waals surface area contributed by atoms with Crippen molar-refractivity contribution in [2.24, 2.45) is 5.73 Å². The summed E-state index contributed by atoms with van der Waals surface area (Å²) in [6, 6.07) is 0.207. The molecule has 0 aromatic heterocycles. The van der Waals surface area contributed by atoms with E-state index in [9.17, 15) is 0 Å². The smallest absolute Gasteiger partial charge is 0.0722 e. The Hall–Kier alpha value is -0.340. The van der Waals surface area contributed by atoms with Crippen LogP contribution in [0.4, 0.5) is 0 Å². The van der Waals surface area contributed by atoms with Crippen molar-refractivity contribution < 1.29 is 4.74 Å². The number of allylic oxidation sites excluding steroid dienone is 1. The Balaban J connectivity index is 3.51. The van der Waals surface area contributed by atoms with Gasteiger partial charge in [-0.25, -0.2) is 0 Å². The molecule has 15 heavy (non-hydrogen) atoms. The predicted octanol–water partition coefficient (Wildman–Crippen LogP) is 3.27. The van der Waals surface area contributed by atoms with Crippen molar-refractivity contribution in [3.8, 4) is 0 Å². The molecular weight excluding hydrogens is 186 g/mol. The summed E-state index contributed by atoms with van der Waals surface area (Å²) in [7, 11) is 1.76. The third-order valence-corrected chi connectivity index (χ3v) is 2.80. The normalized spacial score (nSPS) is 14.9. The number of nitrogens with two attached hydrogens (primary N) is 1. The second-order valence-electron chi connectivity index (χ2n) is 4.15. The Labute approximate surface area is 94.9 Å². The van der Waals surface area contributed by atoms with E-state index in [1.165, 1.54) is 19.3 Å². The quantitative estimate of drug-likeness (QED) is 0.446. The topological polar surface area (TPSA) is 35.2 Å². The van der Waals surface area contributed by atoms with Crippen LogP contribution in [0.3, 0.4) is 0 Å². The van der Waals surface area contributed by atoms with Crippen LogP contribution >= 0.6 is 0 Å². The van der Waals surface area contributed by atoms with Gasteiger partial charge in [-0.1, -0.05) is 32.3 Å². The van der Waals surface area contributed by atoms with Gasteiger partial charge in [0.25, 0.3) is 0 Å². The van der Waals surface area contributed by atoms with Gasteiger partial charge in [-0.2, -0.15) is 0 Å². The maximum atomic E-state index is 6.08. The van der Waals surface area contributed by atoms with Gasteiger partial charge < -0.3 is 10.5 Å². The molecule has 0 bridgehead atoms. The van der Waals surface area contributed by atoms with Crippen molar-refractivity contribution in [3.63, 3.8) is 0 Å². The van der Waals surface area contributed by atoms with Crippen molar-refractivity contribution in [1.29, 1.82) is 0 Å². The number of ether oxygens (including phenoxy) is 1. The largest absolute Gasteiger partial charge is 0.380 e. The minimum absolute atomic E-state index is 0.207. The number of rotatable bonds is 10. The molecule has 90 valence electrons. The Morgan fingerprint density at radius 2 is 2.00 bits per heavy atom. The molecule has 0 rings (SSSR count). The van der Waals surface area contributed by atoms with Crippen molar-refractivity contribution in [2.45, 2.75) is 64.0 Å². The third-order valence-electron chi connectivity index (χ3n) is 2.80. The molecule has 0 aliphatic heterocycles. The summed E-state index contributed by atoms with van der Waals surface area (Å²) >= 11 is 0. The highest BCUT2D eigenvalue weighted by molar-refractivity contribution is 4.73. The van der Waals surface area contributed by atoms with Crippen LogP contribution < -0.4 is 5.73 Å². The zero-order valence-electron chi connectivity index (χ0n) is 10.4. The summed E-state index contributed by atoms with van der Waals surface area (Å²) in [5, 5.41) is 0. The van der Waals surface area contributed by atoms with Crippen LogP contribution in [0.1, 0.15) is 51.9 Å². The lowest BCUT2D eigenvalue weighted by Gasteiger charge is -2.21. The molecule has 0 fully saturated rings. The van der Waals surface area contributed by atoms with Gasteiger partial charge in [0.05, 0.1) is 6.10 Å². The highest BCUT2D eigenvalue weighted by Crippen LogP contribution is 2.12. The monoisotopic (exact) mass is 213 g/mol. The van der Waals surface area contributed by atoms with Crippen LogP contribution in [0, 0.1) is 0 Å². The number of hydrogen-bond acceptors (Lipinski definition) is 2. The van der Waals surface area contributed by atoms with Crippen LogP contribution in [-0.2, 0) is 4.74 Å². The average Bonchev–Trinajstić information content (AvgIpc) is 2.25. The van der Waals surface area contributed by atoms with E-state index in [1.54, 1.807) is 7.11 Å². The molecule has 0 saturated heterocycles. The second kappa shape index (κ2) is 10.2. The lowest BCUT2D eigenvalue weighted by atomic mass is 10.0. The van der Waals surface area contributed by atoms with E-state index in [0.717, 1.165) is 25.7 Å². The Bertz CT molecular complexity index is 147. The molecule has 2 N–H and O–H groups in total. The van der Waals surface area contributed by atoms with Gasteiger partial charge in [0.15, 0.2) is 0 Å². The van der Waals surface area contributed by atoms with Gasteiger partial charge in [0.2, 0.25) is 0 Å². The highest BCUT2D eigenvalue weighted by atomic mass is 16.5. The Morgan fingerprint density at radius 1 is 1.27 bits per heavy atom. The molecule has 2 unspecified atom stereocenters. The summed E-state index contributed by atoms with van der Waals surface area (Å²) in [6.07, 6.45) is 10.3. The van der Waals surface area contributed by atoms with Gasteiger partial charge in [0, 0.05) is 13.2 Å². The number of unbranched alkanes of at least 4 members (excludes halogenated alkanes) is 3. The molecule has 2 nitrogen and oxygen atoms in total. The van der Waals surface area contributed by atoms with Crippen LogP contribution in [-0.4, -0.2) is 19.3 Å². The average molecular weight is 213 g/mol. The second-order valence-corrected chi connectivity index (χ2v) is 4.15. The summed E-state index contributed by atoms with van der Waals surface area (Å²) in [6.45, 7) is 5.88. The van der Waals surface area contributed by atoms with Crippen LogP contribution in [0.15, 0.2) is 12.7 Å². The van der Waals surface area contributed by atoms with Gasteiger partial charge in [-0.15, -0.1) is 6.58 Å². The first kappa shape index (κ1) is 14.7. The molecule has 0 aliphatic carbocycles. The number of hydrogen-bond donors (Lipinski definition) is 1. The predicted molar refractivity (Wildman–Crippen MR) is 67.0 cm³/mol. The lowest BCUT2D eigenvalue weighted by Crippen LogP contribution is -2.35. The molecule has 0 saturated carbocycles. The van der Waals surface area contributed by atoms with E-state index >= 15 is 0 Å². The maximum absolute atomic E-state index is 6.08. The van der Waals surface area contributed by atoms with Gasteiger partial charge in [-0.05, 0) is 25.7 Å². The molecule has 0 aromatic rings. The van der Waals surface area contributed by atoms with Crippen molar-refractivity contribution in [2.75, 3.05) is 7.11 Å². The fourth-order valence-electron chi connectivity index (χ4n) is 1.82. The van der Waals surface area contributed by atoms with E-state index in [4.69, 9.17) is 10.5 Å². The SMILES string of the molecule is C=CCCCCCC(N)C(CCC)OC. The molecule has 0 radical (unpaired) electrons. The third kappa shape index (κ3) is 7.57. The molecule has 2 atom stereocenters. The molecular formula is C13H27NO. The summed E-state index contributed by atoms with van der Waals surface area (Å²) in [5.74, 6) is 0. The molecule has 0 aliphatic rings. The van der Waals surface area contributed by atoms with Crippen molar-refractivity contribution in [1.82, 2.24) is 0 Å². The molecule has 0 amide bonds. The van der Waals surface area contributed by atoms with Gasteiger partial charge >= 0.3 is 0 Å². The van der Waals surface area contributed by atoms with Crippen molar-refractivity contribution in [3.05, 3.63) is 12.7 Å². The van der Waals surface area contributed by atoms with Crippen molar-refractivity contribution >= 4 is 0 Å². The molecule has 2 heteroatoms. The summed E-state index contributed by atoms with van der Waals surface area (Å²) < 4.78 is 5.39. The highest BCUT2D eigenvalue weighted by Gasteiger charge is 2.15. The van der Waals surface area contributed by atoms with Crippen LogP contribution in [0.2, 0.25) is 0 Å². The van der Waals surface area contributed by atoms with E-state index in [2.05, 4.69) is 13.5 Å². The van der Waals surface area contributed by atoms with E-state index in [1.807, 2.05) is 6.08 Å². The minimum Gasteiger partial charge on any atom is -0.380 e. The zero-order valence-corrected chi connectivity index (χ0v) is 10.4.